The standard InChI is InChI=1S/C25H22Cl2N2O5/c1-32-19-8-14(9-20(33-2)23(19)34-12-13-3-6-17(26)18(27)7-13)11-28-29-24(30)21-15-4-5-16(10-15)22(21)25(29)31/h3-9,11,15-16,21-22H,10,12H2,1-2H3/t15-,16-,21-,22+/m0/s1. The molecule has 3 aliphatic rings. The van der Waals surface area contributed by atoms with Crippen molar-refractivity contribution in [3.05, 3.63) is 63.7 Å². The maximum atomic E-state index is 12.8. The van der Waals surface area contributed by atoms with Crippen molar-refractivity contribution in [3.8, 4) is 17.2 Å². The minimum absolute atomic E-state index is 0.138. The maximum Gasteiger partial charge on any atom is 0.254 e. The van der Waals surface area contributed by atoms with Crippen molar-refractivity contribution in [2.24, 2.45) is 28.8 Å². The summed E-state index contributed by atoms with van der Waals surface area (Å²) < 4.78 is 17.0. The first-order valence-corrected chi connectivity index (χ1v) is 11.6. The van der Waals surface area contributed by atoms with Gasteiger partial charge < -0.3 is 14.2 Å². The topological polar surface area (TPSA) is 77.4 Å². The quantitative estimate of drug-likeness (QED) is 0.312. The Labute approximate surface area is 206 Å². The van der Waals surface area contributed by atoms with E-state index in [0.717, 1.165) is 17.0 Å². The number of carbonyl (C=O) groups is 2. The van der Waals surface area contributed by atoms with Crippen LogP contribution >= 0.6 is 23.2 Å². The molecule has 0 aromatic heterocycles. The zero-order valence-electron chi connectivity index (χ0n) is 18.5. The molecule has 34 heavy (non-hydrogen) atoms. The predicted octanol–water partition coefficient (Wildman–Crippen LogP) is 4.73. The first-order valence-electron chi connectivity index (χ1n) is 10.8. The fraction of sp³-hybridized carbons (Fsp3) is 0.320. The van der Waals surface area contributed by atoms with Crippen LogP contribution in [0.1, 0.15) is 17.5 Å². The molecule has 2 amide bonds. The molecular formula is C25H22Cl2N2O5. The Bertz CT molecular complexity index is 1170. The Hall–Kier alpha value is -3.03. The molecule has 2 fully saturated rings. The Morgan fingerprint density at radius 2 is 1.59 bits per heavy atom. The van der Waals surface area contributed by atoms with Gasteiger partial charge in [0.25, 0.3) is 11.8 Å². The van der Waals surface area contributed by atoms with Gasteiger partial charge in [-0.1, -0.05) is 41.4 Å². The number of benzene rings is 2. The number of nitrogens with zero attached hydrogens (tertiary/aromatic N) is 2. The molecule has 0 spiro atoms. The number of hydrogen-bond acceptors (Lipinski definition) is 6. The van der Waals surface area contributed by atoms with E-state index < -0.39 is 0 Å². The average molecular weight is 501 g/mol. The second kappa shape index (κ2) is 8.96. The normalized spacial score (nSPS) is 24.9. The number of ether oxygens (including phenoxy) is 3. The first kappa shape index (κ1) is 22.7. The van der Waals surface area contributed by atoms with Crippen LogP contribution in [0.3, 0.4) is 0 Å². The molecule has 1 aliphatic heterocycles. The molecule has 2 aromatic carbocycles. The van der Waals surface area contributed by atoms with Gasteiger partial charge in [-0.05, 0) is 48.1 Å². The van der Waals surface area contributed by atoms with Crippen LogP contribution in [-0.2, 0) is 16.2 Å². The van der Waals surface area contributed by atoms with Gasteiger partial charge in [0, 0.05) is 5.56 Å². The Morgan fingerprint density at radius 3 is 2.15 bits per heavy atom. The van der Waals surface area contributed by atoms with Gasteiger partial charge in [0.05, 0.1) is 42.3 Å². The Kier molecular flexibility index (Phi) is 6.00. The van der Waals surface area contributed by atoms with Crippen LogP contribution in [0.25, 0.3) is 0 Å². The zero-order valence-corrected chi connectivity index (χ0v) is 20.0. The van der Waals surface area contributed by atoms with E-state index in [9.17, 15) is 9.59 Å². The number of fused-ring (bicyclic) bond motifs is 5. The van der Waals surface area contributed by atoms with Crippen LogP contribution in [0.15, 0.2) is 47.6 Å². The highest BCUT2D eigenvalue weighted by molar-refractivity contribution is 6.42. The van der Waals surface area contributed by atoms with Crippen molar-refractivity contribution in [1.82, 2.24) is 5.01 Å². The van der Waals surface area contributed by atoms with E-state index in [1.54, 1.807) is 24.3 Å². The van der Waals surface area contributed by atoms with Crippen LogP contribution in [0, 0.1) is 23.7 Å². The van der Waals surface area contributed by atoms with E-state index >= 15 is 0 Å². The molecule has 7 nitrogen and oxygen atoms in total. The summed E-state index contributed by atoms with van der Waals surface area (Å²) in [6, 6.07) is 8.65. The molecule has 0 unspecified atom stereocenters. The van der Waals surface area contributed by atoms with Crippen molar-refractivity contribution in [2.75, 3.05) is 14.2 Å². The lowest BCUT2D eigenvalue weighted by Crippen LogP contribution is -2.28. The first-order chi connectivity index (χ1) is 16.4. The molecule has 176 valence electrons. The summed E-state index contributed by atoms with van der Waals surface area (Å²) in [7, 11) is 3.03. The number of imide groups is 1. The molecule has 0 radical (unpaired) electrons. The highest BCUT2D eigenvalue weighted by atomic mass is 35.5. The number of hydrazone groups is 1. The van der Waals surface area contributed by atoms with Gasteiger partial charge in [0.15, 0.2) is 11.5 Å². The van der Waals surface area contributed by atoms with Crippen molar-refractivity contribution >= 4 is 41.2 Å². The highest BCUT2D eigenvalue weighted by Crippen LogP contribution is 2.52. The van der Waals surface area contributed by atoms with Crippen LogP contribution in [-0.4, -0.2) is 37.3 Å². The van der Waals surface area contributed by atoms with Crippen molar-refractivity contribution in [2.45, 2.75) is 13.0 Å². The third-order valence-electron chi connectivity index (χ3n) is 6.62. The molecule has 4 atom stereocenters. The van der Waals surface area contributed by atoms with E-state index in [2.05, 4.69) is 17.3 Å². The van der Waals surface area contributed by atoms with Crippen molar-refractivity contribution in [3.63, 3.8) is 0 Å². The van der Waals surface area contributed by atoms with Gasteiger partial charge in [0.1, 0.15) is 6.61 Å². The molecule has 5 rings (SSSR count). The molecule has 1 saturated carbocycles. The van der Waals surface area contributed by atoms with Gasteiger partial charge in [-0.15, -0.1) is 0 Å². The minimum Gasteiger partial charge on any atom is -0.493 e. The third kappa shape index (κ3) is 3.83. The van der Waals surface area contributed by atoms with Crippen LogP contribution in [0.2, 0.25) is 10.0 Å². The second-order valence-corrected chi connectivity index (χ2v) is 9.34. The summed E-state index contributed by atoms with van der Waals surface area (Å²) in [5.41, 5.74) is 1.42. The molecule has 2 bridgehead atoms. The van der Waals surface area contributed by atoms with Crippen molar-refractivity contribution < 1.29 is 23.8 Å². The van der Waals surface area contributed by atoms with E-state index in [-0.39, 0.29) is 42.1 Å². The van der Waals surface area contributed by atoms with Crippen LogP contribution in [0.5, 0.6) is 17.2 Å². The van der Waals surface area contributed by atoms with E-state index in [1.807, 2.05) is 6.07 Å². The summed E-state index contributed by atoms with van der Waals surface area (Å²) in [5, 5.41) is 6.14. The molecular weight excluding hydrogens is 479 g/mol. The SMILES string of the molecule is COc1cc(C=NN2C(=O)[C@@H]3[C@H](C2=O)[C@H]2C=C[C@H]3C2)cc(OC)c1OCc1ccc(Cl)c(Cl)c1. The number of allylic oxidation sites excluding steroid dienone is 2. The van der Waals surface area contributed by atoms with Crippen molar-refractivity contribution in [1.29, 1.82) is 0 Å². The molecule has 2 aromatic rings. The molecule has 9 heteroatoms. The smallest absolute Gasteiger partial charge is 0.254 e. The Morgan fingerprint density at radius 1 is 0.971 bits per heavy atom. The summed E-state index contributed by atoms with van der Waals surface area (Å²) >= 11 is 12.1. The lowest BCUT2D eigenvalue weighted by Gasteiger charge is -2.16. The average Bonchev–Trinajstić information content (AvgIpc) is 3.52. The largest absolute Gasteiger partial charge is 0.493 e. The maximum absolute atomic E-state index is 12.8. The van der Waals surface area contributed by atoms with Gasteiger partial charge >= 0.3 is 0 Å². The van der Waals surface area contributed by atoms with Crippen LogP contribution in [0.4, 0.5) is 0 Å². The number of halogens is 2. The number of methoxy groups -OCH3 is 2. The summed E-state index contributed by atoms with van der Waals surface area (Å²) in [5.74, 6) is 0.461. The van der Waals surface area contributed by atoms with Gasteiger partial charge in [-0.3, -0.25) is 9.59 Å². The number of carbonyl (C=O) groups excluding carboxylic acids is 2. The number of amides is 2. The van der Waals surface area contributed by atoms with E-state index in [4.69, 9.17) is 37.4 Å². The fourth-order valence-corrected chi connectivity index (χ4v) is 5.35. The highest BCUT2D eigenvalue weighted by Gasteiger charge is 2.59. The Balaban J connectivity index is 1.36. The van der Waals surface area contributed by atoms with Gasteiger partial charge in [-0.2, -0.15) is 10.1 Å². The predicted molar refractivity (Wildman–Crippen MR) is 128 cm³/mol. The summed E-state index contributed by atoms with van der Waals surface area (Å²) in [4.78, 5) is 25.7. The van der Waals surface area contributed by atoms with Crippen LogP contribution < -0.4 is 14.2 Å². The molecule has 1 saturated heterocycles. The lowest BCUT2D eigenvalue weighted by molar-refractivity contribution is -0.140. The third-order valence-corrected chi connectivity index (χ3v) is 7.36. The lowest BCUT2D eigenvalue weighted by atomic mass is 9.85. The number of hydrogen-bond donors (Lipinski definition) is 0. The van der Waals surface area contributed by atoms with Gasteiger partial charge in [0.2, 0.25) is 5.75 Å². The molecule has 1 heterocycles. The zero-order chi connectivity index (χ0) is 24.0. The minimum atomic E-state index is -0.291. The molecule has 0 N–H and O–H groups in total. The fourth-order valence-electron chi connectivity index (χ4n) is 5.03. The van der Waals surface area contributed by atoms with E-state index in [1.165, 1.54) is 20.4 Å². The number of rotatable bonds is 7. The summed E-state index contributed by atoms with van der Waals surface area (Å²) in [6.45, 7) is 0.215. The second-order valence-electron chi connectivity index (χ2n) is 8.52. The summed E-state index contributed by atoms with van der Waals surface area (Å²) in [6.07, 6.45) is 6.44. The monoisotopic (exact) mass is 500 g/mol. The van der Waals surface area contributed by atoms with E-state index in [0.29, 0.717) is 32.9 Å². The molecule has 2 aliphatic carbocycles. The van der Waals surface area contributed by atoms with Gasteiger partial charge in [-0.25, -0.2) is 0 Å².